The van der Waals surface area contributed by atoms with Crippen molar-refractivity contribution < 1.29 is 18.8 Å². The minimum atomic E-state index is -0.579. The molecule has 1 N–H and O–H groups in total. The maximum atomic E-state index is 11.9. The molecular weight excluding hydrogens is 338 g/mol. The maximum absolute atomic E-state index is 11.9. The highest BCUT2D eigenvalue weighted by molar-refractivity contribution is 5.85. The molecule has 0 unspecified atom stereocenters. The average molecular weight is 355 g/mol. The topological polar surface area (TPSA) is 112 Å². The van der Waals surface area contributed by atoms with E-state index in [1.165, 1.54) is 12.7 Å². The highest BCUT2D eigenvalue weighted by Crippen LogP contribution is 2.25. The Morgan fingerprint density at radius 3 is 2.69 bits per heavy atom. The van der Waals surface area contributed by atoms with E-state index in [1.807, 2.05) is 0 Å². The summed E-state index contributed by atoms with van der Waals surface area (Å²) in [7, 11) is 0. The first-order valence-electron chi connectivity index (χ1n) is 7.76. The van der Waals surface area contributed by atoms with Crippen molar-refractivity contribution in [2.24, 2.45) is 0 Å². The Kier molecular flexibility index (Phi) is 4.78. The number of rotatable bonds is 4. The minimum absolute atomic E-state index is 0.262. The van der Waals surface area contributed by atoms with Crippen LogP contribution < -0.4 is 10.1 Å². The fraction of sp³-hybridized carbons (Fsp3) is 0.235. The number of hydrogen-bond acceptors (Lipinski definition) is 8. The Balaban J connectivity index is 1.71. The van der Waals surface area contributed by atoms with Gasteiger partial charge in [0, 0.05) is 17.8 Å². The zero-order valence-electron chi connectivity index (χ0n) is 14.5. The molecule has 0 aliphatic heterocycles. The quantitative estimate of drug-likeness (QED) is 0.754. The summed E-state index contributed by atoms with van der Waals surface area (Å²) in [5.74, 6) is 1.04. The van der Waals surface area contributed by atoms with Crippen LogP contribution in [0.1, 0.15) is 20.8 Å². The second kappa shape index (κ2) is 7.18. The lowest BCUT2D eigenvalue weighted by atomic mass is 10.2. The summed E-state index contributed by atoms with van der Waals surface area (Å²) in [6.45, 7) is 5.38. The van der Waals surface area contributed by atoms with Gasteiger partial charge in [0.25, 0.3) is 5.89 Å². The molecule has 1 amide bonds. The third kappa shape index (κ3) is 4.76. The standard InChI is InChI=1S/C17H17N5O4/c1-17(2,3)25-16(23)22-11-5-4-6-12(7-11)24-14-8-13(18-9-19-14)15-20-10-21-26-15/h4-10H,1-3H3,(H,22,23). The minimum Gasteiger partial charge on any atom is -0.444 e. The van der Waals surface area contributed by atoms with Gasteiger partial charge in [0.15, 0.2) is 6.33 Å². The molecule has 9 nitrogen and oxygen atoms in total. The third-order valence-corrected chi connectivity index (χ3v) is 2.92. The first kappa shape index (κ1) is 17.3. The van der Waals surface area contributed by atoms with E-state index in [-0.39, 0.29) is 5.89 Å². The van der Waals surface area contributed by atoms with E-state index in [9.17, 15) is 4.79 Å². The van der Waals surface area contributed by atoms with Gasteiger partial charge in [-0.3, -0.25) is 5.32 Å². The summed E-state index contributed by atoms with van der Waals surface area (Å²) in [5, 5.41) is 6.19. The largest absolute Gasteiger partial charge is 0.444 e. The van der Waals surface area contributed by atoms with E-state index in [0.29, 0.717) is 23.0 Å². The molecule has 9 heteroatoms. The van der Waals surface area contributed by atoms with Crippen LogP contribution in [0.2, 0.25) is 0 Å². The number of carbonyl (C=O) groups is 1. The lowest BCUT2D eigenvalue weighted by Gasteiger charge is -2.19. The molecule has 2 aromatic heterocycles. The number of anilines is 1. The molecule has 0 fully saturated rings. The summed E-state index contributed by atoms with van der Waals surface area (Å²) >= 11 is 0. The number of hydrogen-bond donors (Lipinski definition) is 1. The Morgan fingerprint density at radius 1 is 1.12 bits per heavy atom. The van der Waals surface area contributed by atoms with Gasteiger partial charge in [0.2, 0.25) is 5.88 Å². The molecule has 0 aliphatic rings. The van der Waals surface area contributed by atoms with Gasteiger partial charge in [-0.1, -0.05) is 11.2 Å². The summed E-state index contributed by atoms with van der Waals surface area (Å²) < 4.78 is 15.9. The second-order valence-electron chi connectivity index (χ2n) is 6.24. The van der Waals surface area contributed by atoms with Crippen LogP contribution >= 0.6 is 0 Å². The van der Waals surface area contributed by atoms with Gasteiger partial charge in [-0.25, -0.2) is 14.8 Å². The average Bonchev–Trinajstić information content (AvgIpc) is 3.08. The summed E-state index contributed by atoms with van der Waals surface area (Å²) in [6, 6.07) is 8.41. The van der Waals surface area contributed by atoms with E-state index in [2.05, 4.69) is 25.4 Å². The van der Waals surface area contributed by atoms with Crippen LogP contribution in [0.25, 0.3) is 11.6 Å². The van der Waals surface area contributed by atoms with Crippen LogP contribution in [0.4, 0.5) is 10.5 Å². The molecule has 2 heterocycles. The fourth-order valence-electron chi connectivity index (χ4n) is 1.98. The van der Waals surface area contributed by atoms with Crippen molar-refractivity contribution in [2.75, 3.05) is 5.32 Å². The van der Waals surface area contributed by atoms with Crippen LogP contribution in [-0.4, -0.2) is 31.8 Å². The van der Waals surface area contributed by atoms with Gasteiger partial charge in [-0.2, -0.15) is 4.98 Å². The summed E-state index contributed by atoms with van der Waals surface area (Å²) in [4.78, 5) is 23.9. The molecule has 26 heavy (non-hydrogen) atoms. The molecule has 3 aromatic rings. The van der Waals surface area contributed by atoms with Gasteiger partial charge in [-0.15, -0.1) is 0 Å². The van der Waals surface area contributed by atoms with Gasteiger partial charge in [-0.05, 0) is 32.9 Å². The monoisotopic (exact) mass is 355 g/mol. The molecular formula is C17H17N5O4. The van der Waals surface area contributed by atoms with E-state index in [4.69, 9.17) is 14.0 Å². The Hall–Kier alpha value is -3.49. The van der Waals surface area contributed by atoms with Gasteiger partial charge in [0.05, 0.1) is 0 Å². The molecule has 3 rings (SSSR count). The predicted molar refractivity (Wildman–Crippen MR) is 91.7 cm³/mol. The van der Waals surface area contributed by atoms with Crippen molar-refractivity contribution >= 4 is 11.8 Å². The SMILES string of the molecule is CC(C)(C)OC(=O)Nc1cccc(Oc2cc(-c3ncno3)ncn2)c1. The first-order valence-corrected chi connectivity index (χ1v) is 7.76. The van der Waals surface area contributed by atoms with Crippen molar-refractivity contribution in [3.8, 4) is 23.2 Å². The third-order valence-electron chi connectivity index (χ3n) is 2.92. The first-order chi connectivity index (χ1) is 12.4. The van der Waals surface area contributed by atoms with Crippen LogP contribution in [0.3, 0.4) is 0 Å². The molecule has 134 valence electrons. The number of carbonyl (C=O) groups excluding carboxylic acids is 1. The normalized spacial score (nSPS) is 11.0. The molecule has 1 aromatic carbocycles. The van der Waals surface area contributed by atoms with Crippen molar-refractivity contribution in [3.63, 3.8) is 0 Å². The Morgan fingerprint density at radius 2 is 1.96 bits per heavy atom. The second-order valence-corrected chi connectivity index (χ2v) is 6.24. The van der Waals surface area contributed by atoms with Crippen LogP contribution in [0.15, 0.2) is 47.5 Å². The molecule has 0 spiro atoms. The number of aromatic nitrogens is 4. The highest BCUT2D eigenvalue weighted by Gasteiger charge is 2.16. The molecule has 0 aliphatic carbocycles. The van der Waals surface area contributed by atoms with E-state index in [1.54, 1.807) is 51.1 Å². The number of ether oxygens (including phenoxy) is 2. The molecule has 0 atom stereocenters. The van der Waals surface area contributed by atoms with Crippen molar-refractivity contribution in [1.82, 2.24) is 20.1 Å². The number of nitrogens with zero attached hydrogens (tertiary/aromatic N) is 4. The van der Waals surface area contributed by atoms with Crippen LogP contribution in [0.5, 0.6) is 11.6 Å². The van der Waals surface area contributed by atoms with Gasteiger partial charge in [0.1, 0.15) is 23.4 Å². The van der Waals surface area contributed by atoms with Crippen molar-refractivity contribution in [3.05, 3.63) is 43.0 Å². The zero-order valence-corrected chi connectivity index (χ0v) is 14.5. The molecule has 0 bridgehead atoms. The predicted octanol–water partition coefficient (Wildman–Crippen LogP) is 3.67. The van der Waals surface area contributed by atoms with Crippen molar-refractivity contribution in [1.29, 1.82) is 0 Å². The lowest BCUT2D eigenvalue weighted by Crippen LogP contribution is -2.27. The van der Waals surface area contributed by atoms with E-state index in [0.717, 1.165) is 0 Å². The van der Waals surface area contributed by atoms with Gasteiger partial charge < -0.3 is 14.0 Å². The Labute approximate surface area is 149 Å². The fourth-order valence-corrected chi connectivity index (χ4v) is 1.98. The van der Waals surface area contributed by atoms with Crippen LogP contribution in [-0.2, 0) is 4.74 Å². The smallest absolute Gasteiger partial charge is 0.412 e. The van der Waals surface area contributed by atoms with Crippen LogP contribution in [0, 0.1) is 0 Å². The number of amides is 1. The van der Waals surface area contributed by atoms with E-state index < -0.39 is 11.7 Å². The molecule has 0 radical (unpaired) electrons. The van der Waals surface area contributed by atoms with Crippen molar-refractivity contribution in [2.45, 2.75) is 26.4 Å². The summed E-state index contributed by atoms with van der Waals surface area (Å²) in [5.41, 5.74) is 0.392. The Bertz CT molecular complexity index is 890. The summed E-state index contributed by atoms with van der Waals surface area (Å²) in [6.07, 6.45) is 2.07. The molecule has 0 saturated heterocycles. The highest BCUT2D eigenvalue weighted by atomic mass is 16.6. The zero-order chi connectivity index (χ0) is 18.6. The lowest BCUT2D eigenvalue weighted by molar-refractivity contribution is 0.0636. The van der Waals surface area contributed by atoms with E-state index >= 15 is 0 Å². The number of benzene rings is 1. The maximum Gasteiger partial charge on any atom is 0.412 e. The molecule has 0 saturated carbocycles. The number of nitrogens with one attached hydrogen (secondary N) is 1. The van der Waals surface area contributed by atoms with Gasteiger partial charge >= 0.3 is 6.09 Å².